The molecule has 186 valence electrons. The van der Waals surface area contributed by atoms with Crippen molar-refractivity contribution in [3.8, 4) is 17.4 Å². The second-order valence-corrected chi connectivity index (χ2v) is 7.74. The number of alkyl halides is 3. The van der Waals surface area contributed by atoms with Gasteiger partial charge in [0, 0.05) is 37.4 Å². The van der Waals surface area contributed by atoms with Crippen LogP contribution < -0.4 is 24.8 Å². The first-order chi connectivity index (χ1) is 16.3. The fourth-order valence-electron chi connectivity index (χ4n) is 3.63. The minimum absolute atomic E-state index is 0.0551. The number of aryl methyl sites for hydroxylation is 1. The lowest BCUT2D eigenvalue weighted by atomic mass is 9.93. The Morgan fingerprint density at radius 2 is 1.97 bits per heavy atom. The predicted molar refractivity (Wildman–Crippen MR) is 116 cm³/mol. The largest absolute Gasteiger partial charge is 0.573 e. The van der Waals surface area contributed by atoms with E-state index in [-0.39, 0.29) is 30.2 Å². The molecular formula is C22H27F3N4O5. The molecule has 1 aliphatic carbocycles. The van der Waals surface area contributed by atoms with Crippen molar-refractivity contribution < 1.29 is 37.3 Å². The second kappa shape index (κ2) is 11.7. The molecular weight excluding hydrogens is 457 g/mol. The van der Waals surface area contributed by atoms with Gasteiger partial charge in [0.15, 0.2) is 0 Å². The minimum Gasteiger partial charge on any atom is -0.495 e. The standard InChI is InChI=1S/C22H27F3N4O5/c1-32-18-9-8-16(34-22(23,24)25)13-17(18)28-21(31)27-14-4-6-15(7-5-14)33-20-10-11-26-19(29-20)3-2-12-30/h8-11,13-15,30H,2-7,12H2,1H3,(H2,27,28,31). The molecule has 12 heteroatoms. The van der Waals surface area contributed by atoms with Crippen molar-refractivity contribution in [3.05, 3.63) is 36.3 Å². The summed E-state index contributed by atoms with van der Waals surface area (Å²) in [4.78, 5) is 20.9. The maximum atomic E-state index is 12.5. The first-order valence-corrected chi connectivity index (χ1v) is 10.9. The van der Waals surface area contributed by atoms with Crippen LogP contribution in [0.3, 0.4) is 0 Å². The molecule has 1 fully saturated rings. The number of ether oxygens (including phenoxy) is 3. The van der Waals surface area contributed by atoms with E-state index in [1.165, 1.54) is 13.2 Å². The van der Waals surface area contributed by atoms with E-state index in [1.807, 2.05) is 0 Å². The highest BCUT2D eigenvalue weighted by Gasteiger charge is 2.31. The van der Waals surface area contributed by atoms with Gasteiger partial charge in [-0.3, -0.25) is 0 Å². The molecule has 0 atom stereocenters. The number of hydrogen-bond acceptors (Lipinski definition) is 7. The zero-order chi connectivity index (χ0) is 24.6. The Labute approximate surface area is 194 Å². The molecule has 3 N–H and O–H groups in total. The van der Waals surface area contributed by atoms with E-state index in [0.29, 0.717) is 50.2 Å². The third-order valence-corrected chi connectivity index (χ3v) is 5.19. The fraction of sp³-hybridized carbons (Fsp3) is 0.500. The normalized spacial score (nSPS) is 18.1. The number of anilines is 1. The molecule has 0 aliphatic heterocycles. The topological polar surface area (TPSA) is 115 Å². The highest BCUT2D eigenvalue weighted by molar-refractivity contribution is 5.91. The number of urea groups is 1. The number of carbonyl (C=O) groups excluding carboxylic acids is 1. The van der Waals surface area contributed by atoms with Crippen LogP contribution in [-0.4, -0.2) is 53.3 Å². The summed E-state index contributed by atoms with van der Waals surface area (Å²) in [5, 5.41) is 14.3. The monoisotopic (exact) mass is 484 g/mol. The third kappa shape index (κ3) is 7.94. The van der Waals surface area contributed by atoms with Gasteiger partial charge in [-0.2, -0.15) is 4.98 Å². The van der Waals surface area contributed by atoms with Crippen LogP contribution in [0.25, 0.3) is 0 Å². The van der Waals surface area contributed by atoms with Gasteiger partial charge in [-0.1, -0.05) is 0 Å². The van der Waals surface area contributed by atoms with E-state index >= 15 is 0 Å². The van der Waals surface area contributed by atoms with Crippen LogP contribution in [0.5, 0.6) is 17.4 Å². The van der Waals surface area contributed by atoms with Crippen molar-refractivity contribution >= 4 is 11.7 Å². The Morgan fingerprint density at radius 1 is 1.21 bits per heavy atom. The summed E-state index contributed by atoms with van der Waals surface area (Å²) in [5.74, 6) is 0.819. The molecule has 0 radical (unpaired) electrons. The molecule has 0 spiro atoms. The Kier molecular flexibility index (Phi) is 8.74. The molecule has 1 heterocycles. The Morgan fingerprint density at radius 3 is 2.65 bits per heavy atom. The average molecular weight is 484 g/mol. The number of methoxy groups -OCH3 is 1. The number of aliphatic hydroxyl groups is 1. The Balaban J connectivity index is 1.49. The number of rotatable bonds is 9. The Hall–Kier alpha value is -3.28. The van der Waals surface area contributed by atoms with Crippen molar-refractivity contribution in [3.63, 3.8) is 0 Å². The van der Waals surface area contributed by atoms with Gasteiger partial charge in [-0.25, -0.2) is 9.78 Å². The maximum absolute atomic E-state index is 12.5. The van der Waals surface area contributed by atoms with Crippen LogP contribution in [0.4, 0.5) is 23.7 Å². The molecule has 1 saturated carbocycles. The summed E-state index contributed by atoms with van der Waals surface area (Å²) in [6.45, 7) is 0.0680. The molecule has 3 rings (SSSR count). The minimum atomic E-state index is -4.85. The zero-order valence-electron chi connectivity index (χ0n) is 18.6. The number of hydrogen-bond donors (Lipinski definition) is 3. The molecule has 0 unspecified atom stereocenters. The van der Waals surface area contributed by atoms with Gasteiger partial charge in [-0.05, 0) is 44.2 Å². The summed E-state index contributed by atoms with van der Waals surface area (Å²) in [6.07, 6.45) is 0.570. The number of benzene rings is 1. The molecule has 9 nitrogen and oxygen atoms in total. The van der Waals surface area contributed by atoms with Gasteiger partial charge in [0.05, 0.1) is 12.8 Å². The fourth-order valence-corrected chi connectivity index (χ4v) is 3.63. The lowest BCUT2D eigenvalue weighted by Gasteiger charge is -2.29. The van der Waals surface area contributed by atoms with Gasteiger partial charge in [0.2, 0.25) is 5.88 Å². The predicted octanol–water partition coefficient (Wildman–Crippen LogP) is 3.82. The van der Waals surface area contributed by atoms with Crippen molar-refractivity contribution in [1.29, 1.82) is 0 Å². The number of aliphatic hydroxyl groups excluding tert-OH is 1. The van der Waals surface area contributed by atoms with Crippen LogP contribution in [0.15, 0.2) is 30.5 Å². The highest BCUT2D eigenvalue weighted by Crippen LogP contribution is 2.32. The third-order valence-electron chi connectivity index (χ3n) is 5.19. The first-order valence-electron chi connectivity index (χ1n) is 10.9. The number of amides is 2. The molecule has 2 amide bonds. The quantitative estimate of drug-likeness (QED) is 0.496. The van der Waals surface area contributed by atoms with Crippen LogP contribution in [0.2, 0.25) is 0 Å². The summed E-state index contributed by atoms with van der Waals surface area (Å²) in [7, 11) is 1.34. The van der Waals surface area contributed by atoms with Gasteiger partial charge in [0.1, 0.15) is 23.4 Å². The van der Waals surface area contributed by atoms with Crippen LogP contribution in [-0.2, 0) is 6.42 Å². The Bertz CT molecular complexity index is 952. The van der Waals surface area contributed by atoms with Crippen LogP contribution in [0, 0.1) is 0 Å². The zero-order valence-corrected chi connectivity index (χ0v) is 18.6. The number of carbonyl (C=O) groups is 1. The molecule has 1 aliphatic rings. The molecule has 34 heavy (non-hydrogen) atoms. The number of aromatic nitrogens is 2. The van der Waals surface area contributed by atoms with E-state index in [1.54, 1.807) is 12.3 Å². The first kappa shape index (κ1) is 25.3. The van der Waals surface area contributed by atoms with E-state index in [9.17, 15) is 18.0 Å². The number of halogens is 3. The average Bonchev–Trinajstić information content (AvgIpc) is 2.78. The van der Waals surface area contributed by atoms with E-state index < -0.39 is 18.1 Å². The van der Waals surface area contributed by atoms with Crippen molar-refractivity contribution in [2.45, 2.75) is 57.0 Å². The van der Waals surface area contributed by atoms with Crippen LogP contribution >= 0.6 is 0 Å². The number of nitrogens with zero attached hydrogens (tertiary/aromatic N) is 2. The van der Waals surface area contributed by atoms with E-state index in [4.69, 9.17) is 14.6 Å². The highest BCUT2D eigenvalue weighted by atomic mass is 19.4. The van der Waals surface area contributed by atoms with Gasteiger partial charge in [0.25, 0.3) is 0 Å². The molecule has 1 aromatic heterocycles. The molecule has 0 bridgehead atoms. The smallest absolute Gasteiger partial charge is 0.495 e. The summed E-state index contributed by atoms with van der Waals surface area (Å²) in [6, 6.07) is 4.44. The lowest BCUT2D eigenvalue weighted by Crippen LogP contribution is -2.41. The summed E-state index contributed by atoms with van der Waals surface area (Å²) < 4.78 is 52.4. The SMILES string of the molecule is COc1ccc(OC(F)(F)F)cc1NC(=O)NC1CCC(Oc2ccnc(CCCO)n2)CC1. The van der Waals surface area contributed by atoms with Crippen LogP contribution in [0.1, 0.15) is 37.9 Å². The van der Waals surface area contributed by atoms with Crippen molar-refractivity contribution in [1.82, 2.24) is 15.3 Å². The van der Waals surface area contributed by atoms with Gasteiger partial charge in [-0.15, -0.1) is 13.2 Å². The van der Waals surface area contributed by atoms with Crippen molar-refractivity contribution in [2.24, 2.45) is 0 Å². The van der Waals surface area contributed by atoms with E-state index in [2.05, 4.69) is 25.3 Å². The molecule has 0 saturated heterocycles. The molecule has 2 aromatic rings. The van der Waals surface area contributed by atoms with Gasteiger partial charge < -0.3 is 30.0 Å². The maximum Gasteiger partial charge on any atom is 0.573 e. The second-order valence-electron chi connectivity index (χ2n) is 7.74. The van der Waals surface area contributed by atoms with Crippen molar-refractivity contribution in [2.75, 3.05) is 19.0 Å². The summed E-state index contributed by atoms with van der Waals surface area (Å²) >= 11 is 0. The van der Waals surface area contributed by atoms with E-state index in [0.717, 1.165) is 12.1 Å². The van der Waals surface area contributed by atoms with Gasteiger partial charge >= 0.3 is 12.4 Å². The lowest BCUT2D eigenvalue weighted by molar-refractivity contribution is -0.274. The molecule has 1 aromatic carbocycles. The number of nitrogens with one attached hydrogen (secondary N) is 2. The summed E-state index contributed by atoms with van der Waals surface area (Å²) in [5.41, 5.74) is 0.0551.